The number of anilines is 1. The molecule has 0 aromatic heterocycles. The first-order valence-corrected chi connectivity index (χ1v) is 6.86. The quantitative estimate of drug-likeness (QED) is 0.652. The summed E-state index contributed by atoms with van der Waals surface area (Å²) in [6, 6.07) is 4.46. The number of hydrogen-bond donors (Lipinski definition) is 2. The lowest BCUT2D eigenvalue weighted by Gasteiger charge is -2.25. The summed E-state index contributed by atoms with van der Waals surface area (Å²) in [5.41, 5.74) is 2.40. The van der Waals surface area contributed by atoms with Gasteiger partial charge in [0.15, 0.2) is 0 Å². The van der Waals surface area contributed by atoms with Crippen molar-refractivity contribution in [2.75, 3.05) is 5.32 Å². The summed E-state index contributed by atoms with van der Waals surface area (Å²) in [5.74, 6) is 0. The third-order valence-electron chi connectivity index (χ3n) is 3.34. The number of benzene rings is 1. The summed E-state index contributed by atoms with van der Waals surface area (Å²) < 4.78 is 0.852. The SMILES string of the molecule is [B]c1c(Br)ccc(NC2CCCCC2)c1C=N. The summed E-state index contributed by atoms with van der Waals surface area (Å²) in [4.78, 5) is 0. The second kappa shape index (κ2) is 5.72. The first kappa shape index (κ1) is 12.7. The van der Waals surface area contributed by atoms with Gasteiger partial charge in [0.05, 0.1) is 0 Å². The minimum atomic E-state index is 0.531. The Morgan fingerprint density at radius 3 is 2.65 bits per heavy atom. The standard InChI is InChI=1S/C13H16BBrN2/c14-13-10(8-16)12(7-6-11(13)15)17-9-4-2-1-3-5-9/h6-9,16-17H,1-5H2. The predicted octanol–water partition coefficient (Wildman–Crippen LogP) is 2.99. The van der Waals surface area contributed by atoms with Crippen LogP contribution in [-0.2, 0) is 0 Å². The van der Waals surface area contributed by atoms with E-state index in [-0.39, 0.29) is 0 Å². The van der Waals surface area contributed by atoms with Gasteiger partial charge in [0.1, 0.15) is 7.85 Å². The van der Waals surface area contributed by atoms with Crippen LogP contribution in [0.3, 0.4) is 0 Å². The fourth-order valence-electron chi connectivity index (χ4n) is 2.36. The van der Waals surface area contributed by atoms with Crippen LogP contribution in [0.2, 0.25) is 0 Å². The second-order valence-corrected chi connectivity index (χ2v) is 5.40. The normalized spacial score (nSPS) is 16.8. The maximum Gasteiger partial charge on any atom is 0.116 e. The summed E-state index contributed by atoms with van der Waals surface area (Å²) in [6.45, 7) is 0. The van der Waals surface area contributed by atoms with Crippen molar-refractivity contribution in [1.29, 1.82) is 5.41 Å². The van der Waals surface area contributed by atoms with Crippen LogP contribution in [0.25, 0.3) is 0 Å². The lowest BCUT2D eigenvalue weighted by atomic mass is 9.89. The van der Waals surface area contributed by atoms with Crippen LogP contribution < -0.4 is 10.8 Å². The van der Waals surface area contributed by atoms with Gasteiger partial charge in [0.25, 0.3) is 0 Å². The van der Waals surface area contributed by atoms with Gasteiger partial charge < -0.3 is 10.7 Å². The Balaban J connectivity index is 2.19. The molecule has 0 saturated heterocycles. The third kappa shape index (κ3) is 2.92. The van der Waals surface area contributed by atoms with Crippen molar-refractivity contribution < 1.29 is 0 Å². The molecular weight excluding hydrogens is 275 g/mol. The molecule has 2 rings (SSSR count). The first-order chi connectivity index (χ1) is 8.22. The van der Waals surface area contributed by atoms with E-state index in [4.69, 9.17) is 13.3 Å². The lowest BCUT2D eigenvalue weighted by molar-refractivity contribution is 0.463. The maximum absolute atomic E-state index is 7.47. The zero-order valence-corrected chi connectivity index (χ0v) is 11.4. The molecule has 1 aliphatic carbocycles. The molecule has 4 heteroatoms. The summed E-state index contributed by atoms with van der Waals surface area (Å²) in [7, 11) is 5.96. The van der Waals surface area contributed by atoms with E-state index in [1.807, 2.05) is 12.1 Å². The average Bonchev–Trinajstić information content (AvgIpc) is 2.36. The van der Waals surface area contributed by atoms with Crippen LogP contribution in [0.5, 0.6) is 0 Å². The highest BCUT2D eigenvalue weighted by molar-refractivity contribution is 9.10. The van der Waals surface area contributed by atoms with E-state index in [1.54, 1.807) is 0 Å². The number of rotatable bonds is 3. The predicted molar refractivity (Wildman–Crippen MR) is 77.9 cm³/mol. The molecule has 17 heavy (non-hydrogen) atoms. The summed E-state index contributed by atoms with van der Waals surface area (Å²) in [5, 5.41) is 11.0. The highest BCUT2D eigenvalue weighted by Crippen LogP contribution is 2.24. The number of halogens is 1. The first-order valence-electron chi connectivity index (χ1n) is 6.07. The van der Waals surface area contributed by atoms with E-state index < -0.39 is 0 Å². The molecule has 0 bridgehead atoms. The lowest BCUT2D eigenvalue weighted by Crippen LogP contribution is -2.25. The van der Waals surface area contributed by atoms with Gasteiger partial charge in [-0.05, 0) is 25.0 Å². The van der Waals surface area contributed by atoms with Gasteiger partial charge in [-0.15, -0.1) is 0 Å². The summed E-state index contributed by atoms with van der Waals surface area (Å²) >= 11 is 3.39. The van der Waals surface area contributed by atoms with Crippen molar-refractivity contribution in [2.45, 2.75) is 38.1 Å². The van der Waals surface area contributed by atoms with Gasteiger partial charge in [-0.25, -0.2) is 0 Å². The largest absolute Gasteiger partial charge is 0.382 e. The molecule has 2 N–H and O–H groups in total. The zero-order chi connectivity index (χ0) is 12.3. The van der Waals surface area contributed by atoms with E-state index in [9.17, 15) is 0 Å². The minimum absolute atomic E-state index is 0.531. The van der Waals surface area contributed by atoms with Gasteiger partial charge in [-0.3, -0.25) is 0 Å². The fraction of sp³-hybridized carbons (Fsp3) is 0.462. The molecule has 2 nitrogen and oxygen atoms in total. The smallest absolute Gasteiger partial charge is 0.116 e. The van der Waals surface area contributed by atoms with Crippen LogP contribution in [0, 0.1) is 5.41 Å². The maximum atomic E-state index is 7.47. The van der Waals surface area contributed by atoms with Crippen LogP contribution in [0.1, 0.15) is 37.7 Å². The highest BCUT2D eigenvalue weighted by Gasteiger charge is 2.15. The number of nitrogens with one attached hydrogen (secondary N) is 2. The Morgan fingerprint density at radius 1 is 1.29 bits per heavy atom. The molecule has 0 aliphatic heterocycles. The van der Waals surface area contributed by atoms with Gasteiger partial charge in [0, 0.05) is 28.0 Å². The van der Waals surface area contributed by atoms with E-state index in [2.05, 4.69) is 21.2 Å². The molecule has 1 aromatic rings. The van der Waals surface area contributed by atoms with Crippen molar-refractivity contribution in [3.05, 3.63) is 22.2 Å². The Morgan fingerprint density at radius 2 is 2.00 bits per heavy atom. The van der Waals surface area contributed by atoms with E-state index in [0.29, 0.717) is 11.5 Å². The van der Waals surface area contributed by atoms with Gasteiger partial charge in [-0.2, -0.15) is 0 Å². The van der Waals surface area contributed by atoms with Gasteiger partial charge >= 0.3 is 0 Å². The van der Waals surface area contributed by atoms with Gasteiger partial charge in [0.2, 0.25) is 0 Å². The molecular formula is C13H16BBrN2. The van der Waals surface area contributed by atoms with Crippen LogP contribution in [0.4, 0.5) is 5.69 Å². The number of hydrogen-bond acceptors (Lipinski definition) is 2. The van der Waals surface area contributed by atoms with Crippen LogP contribution >= 0.6 is 15.9 Å². The van der Waals surface area contributed by atoms with Crippen molar-refractivity contribution in [3.63, 3.8) is 0 Å². The van der Waals surface area contributed by atoms with Crippen molar-refractivity contribution >= 4 is 41.1 Å². The molecule has 1 fully saturated rings. The Kier molecular flexibility index (Phi) is 4.27. The molecule has 0 atom stereocenters. The van der Waals surface area contributed by atoms with Crippen LogP contribution in [-0.4, -0.2) is 20.1 Å². The van der Waals surface area contributed by atoms with E-state index in [1.165, 1.54) is 38.3 Å². The third-order valence-corrected chi connectivity index (χ3v) is 4.03. The van der Waals surface area contributed by atoms with Crippen molar-refractivity contribution in [3.8, 4) is 0 Å². The molecule has 0 amide bonds. The Hall–Kier alpha value is -0.765. The molecule has 1 aliphatic rings. The zero-order valence-electron chi connectivity index (χ0n) is 9.80. The Labute approximate surface area is 112 Å². The summed E-state index contributed by atoms with van der Waals surface area (Å²) in [6.07, 6.45) is 7.69. The molecule has 0 unspecified atom stereocenters. The second-order valence-electron chi connectivity index (χ2n) is 4.55. The fourth-order valence-corrected chi connectivity index (χ4v) is 2.70. The Bertz CT molecular complexity index is 414. The average molecular weight is 291 g/mol. The molecule has 88 valence electrons. The van der Waals surface area contributed by atoms with Gasteiger partial charge in [-0.1, -0.05) is 40.7 Å². The van der Waals surface area contributed by atoms with Crippen LogP contribution in [0.15, 0.2) is 16.6 Å². The topological polar surface area (TPSA) is 35.9 Å². The van der Waals surface area contributed by atoms with Crippen molar-refractivity contribution in [1.82, 2.24) is 0 Å². The molecule has 0 spiro atoms. The monoisotopic (exact) mass is 290 g/mol. The molecule has 1 saturated carbocycles. The van der Waals surface area contributed by atoms with E-state index in [0.717, 1.165) is 15.7 Å². The molecule has 0 heterocycles. The van der Waals surface area contributed by atoms with Crippen molar-refractivity contribution in [2.24, 2.45) is 0 Å². The molecule has 2 radical (unpaired) electrons. The van der Waals surface area contributed by atoms with E-state index >= 15 is 0 Å². The molecule has 1 aromatic carbocycles. The highest BCUT2D eigenvalue weighted by atomic mass is 79.9. The minimum Gasteiger partial charge on any atom is -0.382 e.